The summed E-state index contributed by atoms with van der Waals surface area (Å²) in [5.74, 6) is 0.534. The number of nitrogens with zero attached hydrogens (tertiary/aromatic N) is 1. The third-order valence-corrected chi connectivity index (χ3v) is 4.73. The Morgan fingerprint density at radius 2 is 1.85 bits per heavy atom. The second kappa shape index (κ2) is 7.35. The Labute approximate surface area is 150 Å². The standard InChI is InChI=1S/C19H20F3N3O/c1-13-4-2-3-5-16(13)24-18(26)14-8-10-25(11-9-14)17-7-6-15(12-23-17)19(20,21)22/h2-7,12,14H,8-11H2,1H3,(H,24,26)/p+1. The molecule has 1 aromatic heterocycles. The van der Waals surface area contributed by atoms with Gasteiger partial charge in [-0.25, -0.2) is 4.98 Å². The molecule has 0 bridgehead atoms. The van der Waals surface area contributed by atoms with Gasteiger partial charge in [0.1, 0.15) is 6.20 Å². The molecule has 3 rings (SSSR count). The highest BCUT2D eigenvalue weighted by molar-refractivity contribution is 5.93. The van der Waals surface area contributed by atoms with Gasteiger partial charge in [0.05, 0.1) is 18.7 Å². The lowest BCUT2D eigenvalue weighted by atomic mass is 9.95. The number of carbonyl (C=O) groups is 1. The first-order chi connectivity index (χ1) is 12.3. The molecule has 0 atom stereocenters. The molecule has 1 aliphatic rings. The number of piperidine rings is 1. The highest BCUT2D eigenvalue weighted by Crippen LogP contribution is 2.29. The van der Waals surface area contributed by atoms with Crippen molar-refractivity contribution in [1.82, 2.24) is 0 Å². The Morgan fingerprint density at radius 1 is 1.15 bits per heavy atom. The van der Waals surface area contributed by atoms with Crippen molar-refractivity contribution in [2.45, 2.75) is 25.9 Å². The van der Waals surface area contributed by atoms with Gasteiger partial charge < -0.3 is 5.32 Å². The monoisotopic (exact) mass is 364 g/mol. The molecule has 0 saturated carbocycles. The third-order valence-electron chi connectivity index (χ3n) is 4.73. The molecular formula is C19H21F3N3O+. The number of halogens is 3. The number of aryl methyl sites for hydroxylation is 1. The second-order valence-electron chi connectivity index (χ2n) is 6.53. The van der Waals surface area contributed by atoms with Crippen LogP contribution in [0.3, 0.4) is 0 Å². The molecule has 1 aromatic carbocycles. The van der Waals surface area contributed by atoms with Gasteiger partial charge in [-0.05, 0) is 37.5 Å². The van der Waals surface area contributed by atoms with E-state index in [1.54, 1.807) is 0 Å². The number of hydrogen-bond acceptors (Lipinski definition) is 2. The minimum Gasteiger partial charge on any atom is -0.326 e. The minimum atomic E-state index is -4.35. The molecule has 1 aliphatic heterocycles. The topological polar surface area (TPSA) is 46.5 Å². The Bertz CT molecular complexity index is 766. The number of alkyl halides is 3. The van der Waals surface area contributed by atoms with Gasteiger partial charge in [-0.3, -0.25) is 9.69 Å². The Balaban J connectivity index is 1.57. The summed E-state index contributed by atoms with van der Waals surface area (Å²) in [5.41, 5.74) is 1.13. The summed E-state index contributed by atoms with van der Waals surface area (Å²) >= 11 is 0. The van der Waals surface area contributed by atoms with E-state index >= 15 is 0 Å². The van der Waals surface area contributed by atoms with E-state index in [-0.39, 0.29) is 11.8 Å². The molecule has 0 unspecified atom stereocenters. The quantitative estimate of drug-likeness (QED) is 0.903. The summed E-state index contributed by atoms with van der Waals surface area (Å²) in [4.78, 5) is 17.1. The number of rotatable bonds is 3. The summed E-state index contributed by atoms with van der Waals surface area (Å²) < 4.78 is 37.9. The number of benzene rings is 1. The van der Waals surface area contributed by atoms with Crippen LogP contribution in [0.4, 0.5) is 24.7 Å². The van der Waals surface area contributed by atoms with Gasteiger partial charge in [0, 0.05) is 17.7 Å². The first kappa shape index (κ1) is 18.2. The van der Waals surface area contributed by atoms with Gasteiger partial charge in [-0.2, -0.15) is 13.2 Å². The van der Waals surface area contributed by atoms with Gasteiger partial charge in [0.2, 0.25) is 5.91 Å². The molecule has 0 radical (unpaired) electrons. The molecule has 2 heterocycles. The van der Waals surface area contributed by atoms with E-state index in [4.69, 9.17) is 0 Å². The molecule has 26 heavy (non-hydrogen) atoms. The number of amides is 1. The van der Waals surface area contributed by atoms with Crippen molar-refractivity contribution in [2.24, 2.45) is 5.92 Å². The van der Waals surface area contributed by atoms with Gasteiger partial charge in [0.25, 0.3) is 5.82 Å². The van der Waals surface area contributed by atoms with Crippen LogP contribution in [0.25, 0.3) is 0 Å². The molecular weight excluding hydrogens is 343 g/mol. The lowest BCUT2D eigenvalue weighted by Crippen LogP contribution is -2.40. The van der Waals surface area contributed by atoms with Gasteiger partial charge in [-0.1, -0.05) is 18.2 Å². The first-order valence-electron chi connectivity index (χ1n) is 8.55. The van der Waals surface area contributed by atoms with Crippen LogP contribution in [0.5, 0.6) is 0 Å². The summed E-state index contributed by atoms with van der Waals surface area (Å²) in [6.45, 7) is 3.18. The van der Waals surface area contributed by atoms with E-state index < -0.39 is 11.7 Å². The van der Waals surface area contributed by atoms with Crippen LogP contribution in [0.2, 0.25) is 0 Å². The molecule has 7 heteroatoms. The van der Waals surface area contributed by atoms with Gasteiger partial charge >= 0.3 is 6.18 Å². The predicted octanol–water partition coefficient (Wildman–Crippen LogP) is 3.68. The average Bonchev–Trinajstić information content (AvgIpc) is 2.63. The van der Waals surface area contributed by atoms with Crippen LogP contribution < -0.4 is 15.2 Å². The van der Waals surface area contributed by atoms with E-state index in [1.807, 2.05) is 36.1 Å². The number of pyridine rings is 1. The summed E-state index contributed by atoms with van der Waals surface area (Å²) in [6.07, 6.45) is -2.05. The van der Waals surface area contributed by atoms with Crippen LogP contribution in [-0.2, 0) is 11.0 Å². The lowest BCUT2D eigenvalue weighted by molar-refractivity contribution is -0.367. The first-order valence-corrected chi connectivity index (χ1v) is 8.55. The van der Waals surface area contributed by atoms with E-state index in [1.165, 1.54) is 6.07 Å². The van der Waals surface area contributed by atoms with Crippen molar-refractivity contribution >= 4 is 17.4 Å². The smallest absolute Gasteiger partial charge is 0.326 e. The number of hydrogen-bond donors (Lipinski definition) is 1. The molecule has 2 aromatic rings. The molecule has 138 valence electrons. The zero-order chi connectivity index (χ0) is 18.7. The maximum absolute atomic E-state index is 12.6. The maximum atomic E-state index is 12.6. The Hall–Kier alpha value is -2.57. The molecule has 0 spiro atoms. The van der Waals surface area contributed by atoms with Crippen LogP contribution in [0.15, 0.2) is 42.6 Å². The largest absolute Gasteiger partial charge is 0.419 e. The normalized spacial score (nSPS) is 15.8. The molecule has 4 nitrogen and oxygen atoms in total. The Morgan fingerprint density at radius 3 is 2.42 bits per heavy atom. The number of anilines is 2. The van der Waals surface area contributed by atoms with E-state index in [9.17, 15) is 18.0 Å². The summed E-state index contributed by atoms with van der Waals surface area (Å²) in [7, 11) is 0. The van der Waals surface area contributed by atoms with E-state index in [2.05, 4.69) is 10.3 Å². The van der Waals surface area contributed by atoms with Crippen molar-refractivity contribution in [3.8, 4) is 0 Å². The van der Waals surface area contributed by atoms with E-state index in [0.29, 0.717) is 31.7 Å². The number of aromatic nitrogens is 1. The van der Waals surface area contributed by atoms with Crippen LogP contribution >= 0.6 is 0 Å². The van der Waals surface area contributed by atoms with Crippen molar-refractivity contribution in [3.63, 3.8) is 0 Å². The average molecular weight is 364 g/mol. The zero-order valence-corrected chi connectivity index (χ0v) is 14.4. The van der Waals surface area contributed by atoms with Gasteiger partial charge in [0.15, 0.2) is 0 Å². The fourth-order valence-corrected chi connectivity index (χ4v) is 3.12. The third kappa shape index (κ3) is 4.15. The zero-order valence-electron chi connectivity index (χ0n) is 14.4. The summed E-state index contributed by atoms with van der Waals surface area (Å²) in [5, 5.41) is 2.97. The SMILES string of the molecule is Cc1ccccc1NC(=O)C1CCN(c2ccc(C(F)(F)F)c[nH+]2)CC1. The number of H-pyrrole nitrogens is 1. The number of aromatic amines is 1. The fourth-order valence-electron chi connectivity index (χ4n) is 3.12. The van der Waals surface area contributed by atoms with Crippen molar-refractivity contribution in [2.75, 3.05) is 23.3 Å². The molecule has 2 N–H and O–H groups in total. The van der Waals surface area contributed by atoms with Crippen LogP contribution in [-0.4, -0.2) is 19.0 Å². The lowest BCUT2D eigenvalue weighted by Gasteiger charge is -2.27. The van der Waals surface area contributed by atoms with Crippen LogP contribution in [0.1, 0.15) is 24.0 Å². The van der Waals surface area contributed by atoms with Crippen molar-refractivity contribution < 1.29 is 22.9 Å². The minimum absolute atomic E-state index is 0.00431. The van der Waals surface area contributed by atoms with E-state index in [0.717, 1.165) is 23.5 Å². The number of para-hydroxylation sites is 1. The molecule has 1 amide bonds. The Kier molecular flexibility index (Phi) is 5.15. The van der Waals surface area contributed by atoms with Crippen molar-refractivity contribution in [1.29, 1.82) is 0 Å². The number of nitrogens with one attached hydrogen (secondary N) is 2. The highest BCUT2D eigenvalue weighted by atomic mass is 19.4. The predicted molar refractivity (Wildman–Crippen MR) is 92.7 cm³/mol. The fraction of sp³-hybridized carbons (Fsp3) is 0.368. The van der Waals surface area contributed by atoms with Crippen LogP contribution in [0, 0.1) is 12.8 Å². The molecule has 0 aliphatic carbocycles. The summed E-state index contributed by atoms with van der Waals surface area (Å²) in [6, 6.07) is 10.1. The number of carbonyl (C=O) groups excluding carboxylic acids is 1. The molecule has 1 saturated heterocycles. The highest BCUT2D eigenvalue weighted by Gasteiger charge is 2.33. The molecule has 1 fully saturated rings. The van der Waals surface area contributed by atoms with Crippen molar-refractivity contribution in [3.05, 3.63) is 53.7 Å². The maximum Gasteiger partial charge on any atom is 0.419 e. The van der Waals surface area contributed by atoms with Gasteiger partial charge in [-0.15, -0.1) is 0 Å². The second-order valence-corrected chi connectivity index (χ2v) is 6.53.